The van der Waals surface area contributed by atoms with Crippen molar-refractivity contribution in [3.05, 3.63) is 17.5 Å². The summed E-state index contributed by atoms with van der Waals surface area (Å²) in [5, 5.41) is 3.25. The first-order chi connectivity index (χ1) is 10.1. The molecule has 0 spiro atoms. The first kappa shape index (κ1) is 16.1. The molecule has 0 bridgehead atoms. The quantitative estimate of drug-likeness (QED) is 0.873. The van der Waals surface area contributed by atoms with Crippen molar-refractivity contribution in [2.24, 2.45) is 0 Å². The number of carbonyl (C=O) groups excluding carboxylic acids is 1. The highest BCUT2D eigenvalue weighted by molar-refractivity contribution is 7.98. The summed E-state index contributed by atoms with van der Waals surface area (Å²) in [7, 11) is 0. The summed E-state index contributed by atoms with van der Waals surface area (Å²) in [6.45, 7) is 5.64. The molecular formula is C15H24N4OS. The molecule has 1 aliphatic rings. The lowest BCUT2D eigenvalue weighted by atomic mass is 10.2. The van der Waals surface area contributed by atoms with E-state index in [1.165, 1.54) is 0 Å². The number of aromatic nitrogens is 2. The van der Waals surface area contributed by atoms with E-state index >= 15 is 0 Å². The topological polar surface area (TPSA) is 58.1 Å². The number of nitrogens with one attached hydrogen (secondary N) is 1. The van der Waals surface area contributed by atoms with Gasteiger partial charge in [-0.3, -0.25) is 4.79 Å². The van der Waals surface area contributed by atoms with Gasteiger partial charge in [-0.25, -0.2) is 9.97 Å². The Labute approximate surface area is 130 Å². The Kier molecular flexibility index (Phi) is 5.85. The number of hydrogen-bond acceptors (Lipinski definition) is 5. The number of anilines is 1. The van der Waals surface area contributed by atoms with Gasteiger partial charge in [0.15, 0.2) is 0 Å². The van der Waals surface area contributed by atoms with Crippen LogP contribution in [-0.4, -0.2) is 51.9 Å². The van der Waals surface area contributed by atoms with Gasteiger partial charge in [0.05, 0.1) is 0 Å². The van der Waals surface area contributed by atoms with E-state index in [2.05, 4.69) is 21.5 Å². The Hall–Kier alpha value is -1.30. The highest BCUT2D eigenvalue weighted by atomic mass is 32.2. The molecule has 1 fully saturated rings. The lowest BCUT2D eigenvalue weighted by Gasteiger charge is -2.24. The third-order valence-corrected chi connectivity index (χ3v) is 4.26. The third kappa shape index (κ3) is 4.59. The van der Waals surface area contributed by atoms with Crippen molar-refractivity contribution >= 4 is 23.6 Å². The fourth-order valence-corrected chi connectivity index (χ4v) is 3.07. The van der Waals surface area contributed by atoms with Crippen molar-refractivity contribution < 1.29 is 4.79 Å². The predicted molar refractivity (Wildman–Crippen MR) is 87.7 cm³/mol. The third-order valence-electron chi connectivity index (χ3n) is 3.61. The van der Waals surface area contributed by atoms with Crippen LogP contribution in [0.1, 0.15) is 30.7 Å². The number of likely N-dealkylation sites (tertiary alicyclic amines) is 1. The molecule has 1 saturated heterocycles. The molecule has 1 aromatic heterocycles. The molecule has 116 valence electrons. The summed E-state index contributed by atoms with van der Waals surface area (Å²) in [5.41, 5.74) is 1.84. The summed E-state index contributed by atoms with van der Waals surface area (Å²) >= 11 is 1.76. The van der Waals surface area contributed by atoms with E-state index < -0.39 is 0 Å². The summed E-state index contributed by atoms with van der Waals surface area (Å²) in [6.07, 6.45) is 5.08. The molecule has 1 amide bonds. The molecule has 21 heavy (non-hydrogen) atoms. The van der Waals surface area contributed by atoms with Gasteiger partial charge in [-0.2, -0.15) is 11.8 Å². The average Bonchev–Trinajstić information content (AvgIpc) is 2.95. The molecule has 0 aromatic carbocycles. The van der Waals surface area contributed by atoms with Crippen molar-refractivity contribution in [2.75, 3.05) is 30.4 Å². The van der Waals surface area contributed by atoms with Gasteiger partial charge < -0.3 is 10.2 Å². The maximum absolute atomic E-state index is 12.6. The molecule has 0 radical (unpaired) electrons. The maximum atomic E-state index is 12.6. The van der Waals surface area contributed by atoms with Crippen LogP contribution < -0.4 is 5.32 Å². The fourth-order valence-electron chi connectivity index (χ4n) is 2.60. The summed E-state index contributed by atoms with van der Waals surface area (Å²) in [4.78, 5) is 23.4. The molecule has 2 heterocycles. The highest BCUT2D eigenvalue weighted by Gasteiger charge is 2.26. The zero-order valence-electron chi connectivity index (χ0n) is 13.1. The van der Waals surface area contributed by atoms with Gasteiger partial charge in [0.2, 0.25) is 11.9 Å². The van der Waals surface area contributed by atoms with E-state index in [1.807, 2.05) is 24.8 Å². The first-order valence-electron chi connectivity index (χ1n) is 7.46. The minimum atomic E-state index is -0.225. The molecule has 0 saturated carbocycles. The maximum Gasteiger partial charge on any atom is 0.245 e. The Bertz CT molecular complexity index is 468. The molecule has 0 unspecified atom stereocenters. The van der Waals surface area contributed by atoms with Crippen LogP contribution in [0.4, 0.5) is 5.95 Å². The largest absolute Gasteiger partial charge is 0.342 e. The standard InChI is InChI=1S/C15H24N4OS/c1-11-10-12(2)17-15(16-11)18-13(6-9-21-3)14(20)19-7-4-5-8-19/h10,13H,4-9H2,1-3H3,(H,16,17,18)/t13-/m0/s1. The van der Waals surface area contributed by atoms with Gasteiger partial charge in [0, 0.05) is 24.5 Å². The molecule has 0 aliphatic carbocycles. The normalized spacial score (nSPS) is 16.0. The second-order valence-corrected chi connectivity index (χ2v) is 6.47. The second-order valence-electron chi connectivity index (χ2n) is 5.49. The zero-order valence-corrected chi connectivity index (χ0v) is 13.9. The summed E-state index contributed by atoms with van der Waals surface area (Å²) < 4.78 is 0. The fraction of sp³-hybridized carbons (Fsp3) is 0.667. The van der Waals surface area contributed by atoms with Gasteiger partial charge in [-0.1, -0.05) is 0 Å². The molecule has 2 rings (SSSR count). The van der Waals surface area contributed by atoms with Crippen molar-refractivity contribution in [1.29, 1.82) is 0 Å². The predicted octanol–water partition coefficient (Wildman–Crippen LogP) is 2.25. The van der Waals surface area contributed by atoms with Gasteiger partial charge in [0.1, 0.15) is 6.04 Å². The first-order valence-corrected chi connectivity index (χ1v) is 8.86. The number of nitrogens with zero attached hydrogens (tertiary/aromatic N) is 3. The Balaban J connectivity index is 2.09. The van der Waals surface area contributed by atoms with Gasteiger partial charge in [0.25, 0.3) is 0 Å². The number of amides is 1. The van der Waals surface area contributed by atoms with Crippen molar-refractivity contribution in [3.63, 3.8) is 0 Å². The average molecular weight is 308 g/mol. The summed E-state index contributed by atoms with van der Waals surface area (Å²) in [6, 6.07) is 1.71. The molecule has 1 aliphatic heterocycles. The van der Waals surface area contributed by atoms with E-state index in [-0.39, 0.29) is 11.9 Å². The van der Waals surface area contributed by atoms with E-state index in [4.69, 9.17) is 0 Å². The van der Waals surface area contributed by atoms with Crippen molar-refractivity contribution in [2.45, 2.75) is 39.2 Å². The lowest BCUT2D eigenvalue weighted by molar-refractivity contribution is -0.131. The van der Waals surface area contributed by atoms with E-state index in [9.17, 15) is 4.79 Å². The minimum absolute atomic E-state index is 0.185. The van der Waals surface area contributed by atoms with Crippen LogP contribution in [0.15, 0.2) is 6.07 Å². The van der Waals surface area contributed by atoms with Crippen LogP contribution in [0.3, 0.4) is 0 Å². The molecular weight excluding hydrogens is 284 g/mol. The highest BCUT2D eigenvalue weighted by Crippen LogP contribution is 2.15. The summed E-state index contributed by atoms with van der Waals surface area (Å²) in [5.74, 6) is 1.69. The van der Waals surface area contributed by atoms with Crippen LogP contribution in [-0.2, 0) is 4.79 Å². The van der Waals surface area contributed by atoms with Gasteiger partial charge in [-0.05, 0) is 51.2 Å². The Morgan fingerprint density at radius 1 is 1.33 bits per heavy atom. The number of carbonyl (C=O) groups is 1. The van der Waals surface area contributed by atoms with E-state index in [1.54, 1.807) is 11.8 Å². The zero-order chi connectivity index (χ0) is 15.2. The number of thioether (sulfide) groups is 1. The monoisotopic (exact) mass is 308 g/mol. The minimum Gasteiger partial charge on any atom is -0.342 e. The number of aryl methyl sites for hydroxylation is 2. The van der Waals surface area contributed by atoms with Crippen LogP contribution >= 0.6 is 11.8 Å². The molecule has 5 nitrogen and oxygen atoms in total. The smallest absolute Gasteiger partial charge is 0.245 e. The van der Waals surface area contributed by atoms with Crippen LogP contribution in [0.2, 0.25) is 0 Å². The van der Waals surface area contributed by atoms with Crippen LogP contribution in [0.25, 0.3) is 0 Å². The number of hydrogen-bond donors (Lipinski definition) is 1. The van der Waals surface area contributed by atoms with E-state index in [0.717, 1.165) is 49.5 Å². The Morgan fingerprint density at radius 3 is 2.52 bits per heavy atom. The second kappa shape index (κ2) is 7.64. The molecule has 6 heteroatoms. The molecule has 1 aromatic rings. The van der Waals surface area contributed by atoms with E-state index in [0.29, 0.717) is 5.95 Å². The van der Waals surface area contributed by atoms with Crippen LogP contribution in [0.5, 0.6) is 0 Å². The molecule has 1 atom stereocenters. The molecule has 1 N–H and O–H groups in total. The van der Waals surface area contributed by atoms with Gasteiger partial charge in [-0.15, -0.1) is 0 Å². The van der Waals surface area contributed by atoms with Crippen molar-refractivity contribution in [3.8, 4) is 0 Å². The van der Waals surface area contributed by atoms with Gasteiger partial charge >= 0.3 is 0 Å². The SMILES string of the molecule is CSCC[C@H](Nc1nc(C)cc(C)n1)C(=O)N1CCCC1. The van der Waals surface area contributed by atoms with Crippen molar-refractivity contribution in [1.82, 2.24) is 14.9 Å². The van der Waals surface area contributed by atoms with Crippen LogP contribution in [0, 0.1) is 13.8 Å². The Morgan fingerprint density at radius 2 is 1.95 bits per heavy atom. The lowest BCUT2D eigenvalue weighted by Crippen LogP contribution is -2.42. The number of rotatable bonds is 6.